The van der Waals surface area contributed by atoms with Crippen molar-refractivity contribution in [3.63, 3.8) is 0 Å². The molecule has 2 amide bonds. The van der Waals surface area contributed by atoms with Crippen LogP contribution >= 0.6 is 0 Å². The van der Waals surface area contributed by atoms with Crippen molar-refractivity contribution < 1.29 is 19.1 Å². The second kappa shape index (κ2) is 6.04. The fourth-order valence-electron chi connectivity index (χ4n) is 1.69. The zero-order valence-electron chi connectivity index (χ0n) is 11.2. The SMILES string of the molecule is Cc1cc(O)ccc1NC(=O)C(=O)Nc1ccc(F)cc1. The van der Waals surface area contributed by atoms with Gasteiger partial charge in [0, 0.05) is 11.4 Å². The van der Waals surface area contributed by atoms with Crippen LogP contribution in [0.4, 0.5) is 15.8 Å². The number of amides is 2. The monoisotopic (exact) mass is 288 g/mol. The Morgan fingerprint density at radius 1 is 1.00 bits per heavy atom. The number of hydrogen-bond donors (Lipinski definition) is 3. The van der Waals surface area contributed by atoms with Crippen molar-refractivity contribution in [2.24, 2.45) is 0 Å². The molecule has 0 spiro atoms. The van der Waals surface area contributed by atoms with E-state index in [0.29, 0.717) is 16.9 Å². The van der Waals surface area contributed by atoms with Gasteiger partial charge >= 0.3 is 11.8 Å². The fourth-order valence-corrected chi connectivity index (χ4v) is 1.69. The topological polar surface area (TPSA) is 78.4 Å². The number of phenols is 1. The van der Waals surface area contributed by atoms with Crippen LogP contribution in [-0.2, 0) is 9.59 Å². The van der Waals surface area contributed by atoms with Crippen molar-refractivity contribution in [1.29, 1.82) is 0 Å². The molecule has 0 fully saturated rings. The lowest BCUT2D eigenvalue weighted by atomic mass is 10.2. The maximum atomic E-state index is 12.7. The van der Waals surface area contributed by atoms with Gasteiger partial charge in [-0.25, -0.2) is 4.39 Å². The Balaban J connectivity index is 2.02. The smallest absolute Gasteiger partial charge is 0.314 e. The molecule has 0 aliphatic carbocycles. The molecule has 6 heteroatoms. The lowest BCUT2D eigenvalue weighted by molar-refractivity contribution is -0.133. The van der Waals surface area contributed by atoms with Crippen molar-refractivity contribution in [3.8, 4) is 5.75 Å². The Labute approximate surface area is 120 Å². The molecule has 0 aliphatic heterocycles. The van der Waals surface area contributed by atoms with Crippen LogP contribution < -0.4 is 10.6 Å². The number of rotatable bonds is 2. The normalized spacial score (nSPS) is 10.0. The lowest BCUT2D eigenvalue weighted by Crippen LogP contribution is -2.29. The van der Waals surface area contributed by atoms with Crippen LogP contribution in [-0.4, -0.2) is 16.9 Å². The minimum Gasteiger partial charge on any atom is -0.508 e. The van der Waals surface area contributed by atoms with Crippen LogP contribution in [0.2, 0.25) is 0 Å². The third-order valence-corrected chi connectivity index (χ3v) is 2.77. The molecule has 21 heavy (non-hydrogen) atoms. The molecule has 0 aromatic heterocycles. The van der Waals surface area contributed by atoms with Crippen molar-refractivity contribution in [3.05, 3.63) is 53.8 Å². The van der Waals surface area contributed by atoms with E-state index in [1.165, 1.54) is 42.5 Å². The summed E-state index contributed by atoms with van der Waals surface area (Å²) in [5.41, 5.74) is 1.36. The number of aryl methyl sites for hydroxylation is 1. The summed E-state index contributed by atoms with van der Waals surface area (Å²) in [7, 11) is 0. The summed E-state index contributed by atoms with van der Waals surface area (Å²) < 4.78 is 12.7. The largest absolute Gasteiger partial charge is 0.508 e. The average Bonchev–Trinajstić information content (AvgIpc) is 2.44. The molecule has 0 atom stereocenters. The molecule has 0 saturated heterocycles. The van der Waals surface area contributed by atoms with E-state index in [9.17, 15) is 19.1 Å². The van der Waals surface area contributed by atoms with Gasteiger partial charge in [-0.3, -0.25) is 9.59 Å². The highest BCUT2D eigenvalue weighted by atomic mass is 19.1. The third-order valence-electron chi connectivity index (χ3n) is 2.77. The predicted octanol–water partition coefficient (Wildman–Crippen LogP) is 2.42. The molecule has 0 saturated carbocycles. The van der Waals surface area contributed by atoms with E-state index in [4.69, 9.17) is 0 Å². The van der Waals surface area contributed by atoms with Crippen molar-refractivity contribution in [2.75, 3.05) is 10.6 Å². The second-order valence-electron chi connectivity index (χ2n) is 4.41. The number of carbonyl (C=O) groups is 2. The number of anilines is 2. The summed E-state index contributed by atoms with van der Waals surface area (Å²) >= 11 is 0. The van der Waals surface area contributed by atoms with Gasteiger partial charge in [-0.05, 0) is 55.0 Å². The number of halogens is 1. The number of carbonyl (C=O) groups excluding carboxylic acids is 2. The number of phenolic OH excluding ortho intramolecular Hbond substituents is 1. The molecule has 0 unspecified atom stereocenters. The quantitative estimate of drug-likeness (QED) is 0.586. The minimum absolute atomic E-state index is 0.0706. The lowest BCUT2D eigenvalue weighted by Gasteiger charge is -2.09. The van der Waals surface area contributed by atoms with Gasteiger partial charge in [-0.1, -0.05) is 0 Å². The molecule has 3 N–H and O–H groups in total. The number of aromatic hydroxyl groups is 1. The number of hydrogen-bond acceptors (Lipinski definition) is 3. The highest BCUT2D eigenvalue weighted by Gasteiger charge is 2.15. The average molecular weight is 288 g/mol. The summed E-state index contributed by atoms with van der Waals surface area (Å²) in [5, 5.41) is 14.1. The van der Waals surface area contributed by atoms with Crippen LogP contribution in [0, 0.1) is 12.7 Å². The predicted molar refractivity (Wildman–Crippen MR) is 76.5 cm³/mol. The van der Waals surface area contributed by atoms with Gasteiger partial charge < -0.3 is 15.7 Å². The Hall–Kier alpha value is -2.89. The fraction of sp³-hybridized carbons (Fsp3) is 0.0667. The van der Waals surface area contributed by atoms with E-state index < -0.39 is 17.6 Å². The van der Waals surface area contributed by atoms with E-state index in [1.807, 2.05) is 0 Å². The maximum absolute atomic E-state index is 12.7. The van der Waals surface area contributed by atoms with E-state index in [0.717, 1.165) is 0 Å². The van der Waals surface area contributed by atoms with Gasteiger partial charge in [0.05, 0.1) is 0 Å². The van der Waals surface area contributed by atoms with Crippen LogP contribution in [0.3, 0.4) is 0 Å². The van der Waals surface area contributed by atoms with Crippen LogP contribution in [0.25, 0.3) is 0 Å². The molecule has 2 aromatic rings. The number of benzene rings is 2. The molecule has 0 bridgehead atoms. The molecular weight excluding hydrogens is 275 g/mol. The molecular formula is C15H13FN2O3. The molecule has 108 valence electrons. The van der Waals surface area contributed by atoms with E-state index in [-0.39, 0.29) is 5.75 Å². The van der Waals surface area contributed by atoms with Gasteiger partial charge in [0.15, 0.2) is 0 Å². The van der Waals surface area contributed by atoms with E-state index >= 15 is 0 Å². The summed E-state index contributed by atoms with van der Waals surface area (Å²) in [6, 6.07) is 9.43. The van der Waals surface area contributed by atoms with Crippen molar-refractivity contribution in [1.82, 2.24) is 0 Å². The van der Waals surface area contributed by atoms with E-state index in [1.54, 1.807) is 6.92 Å². The zero-order valence-corrected chi connectivity index (χ0v) is 11.2. The standard InChI is InChI=1S/C15H13FN2O3/c1-9-8-12(19)6-7-13(9)18-15(21)14(20)17-11-4-2-10(16)3-5-11/h2-8,19H,1H3,(H,17,20)(H,18,21). The Kier molecular flexibility index (Phi) is 4.18. The van der Waals surface area contributed by atoms with Crippen molar-refractivity contribution in [2.45, 2.75) is 6.92 Å². The van der Waals surface area contributed by atoms with Crippen LogP contribution in [0.1, 0.15) is 5.56 Å². The first-order chi connectivity index (χ1) is 9.95. The molecule has 0 heterocycles. The van der Waals surface area contributed by atoms with Crippen LogP contribution in [0.15, 0.2) is 42.5 Å². The second-order valence-corrected chi connectivity index (χ2v) is 4.41. The first kappa shape index (κ1) is 14.5. The summed E-state index contributed by atoms with van der Waals surface area (Å²) in [6.07, 6.45) is 0. The molecule has 2 rings (SSSR count). The zero-order chi connectivity index (χ0) is 15.4. The summed E-state index contributed by atoms with van der Waals surface area (Å²) in [6.45, 7) is 1.69. The number of nitrogens with one attached hydrogen (secondary N) is 2. The van der Waals surface area contributed by atoms with Crippen molar-refractivity contribution >= 4 is 23.2 Å². The molecule has 5 nitrogen and oxygen atoms in total. The van der Waals surface area contributed by atoms with Gasteiger partial charge in [-0.15, -0.1) is 0 Å². The molecule has 0 radical (unpaired) electrons. The molecule has 0 aliphatic rings. The van der Waals surface area contributed by atoms with Crippen LogP contribution in [0.5, 0.6) is 5.75 Å². The minimum atomic E-state index is -0.867. The summed E-state index contributed by atoms with van der Waals surface area (Å²) in [5.74, 6) is -2.08. The maximum Gasteiger partial charge on any atom is 0.314 e. The van der Waals surface area contributed by atoms with Gasteiger partial charge in [0.2, 0.25) is 0 Å². The Morgan fingerprint density at radius 2 is 1.62 bits per heavy atom. The summed E-state index contributed by atoms with van der Waals surface area (Å²) in [4.78, 5) is 23.5. The van der Waals surface area contributed by atoms with Gasteiger partial charge in [-0.2, -0.15) is 0 Å². The Bertz CT molecular complexity index is 684. The highest BCUT2D eigenvalue weighted by molar-refractivity contribution is 6.43. The Morgan fingerprint density at radius 3 is 2.24 bits per heavy atom. The first-order valence-corrected chi connectivity index (χ1v) is 6.13. The van der Waals surface area contributed by atoms with E-state index in [2.05, 4.69) is 10.6 Å². The van der Waals surface area contributed by atoms with Gasteiger partial charge in [0.25, 0.3) is 0 Å². The van der Waals surface area contributed by atoms with Gasteiger partial charge in [0.1, 0.15) is 11.6 Å². The first-order valence-electron chi connectivity index (χ1n) is 6.13. The highest BCUT2D eigenvalue weighted by Crippen LogP contribution is 2.20. The third kappa shape index (κ3) is 3.79. The molecule has 2 aromatic carbocycles.